The Labute approximate surface area is 194 Å². The van der Waals surface area contributed by atoms with Crippen molar-refractivity contribution < 1.29 is 8.81 Å². The Morgan fingerprint density at radius 2 is 1.84 bits per heavy atom. The van der Waals surface area contributed by atoms with E-state index in [-0.39, 0.29) is 11.4 Å². The van der Waals surface area contributed by atoms with Crippen LogP contribution in [0.15, 0.2) is 63.8 Å². The van der Waals surface area contributed by atoms with Crippen molar-refractivity contribution in [2.45, 2.75) is 0 Å². The molecule has 5 nitrogen and oxygen atoms in total. The molecule has 3 aromatic heterocycles. The highest BCUT2D eigenvalue weighted by molar-refractivity contribution is 7.15. The molecular weight excluding hydrogens is 472 g/mol. The molecule has 32 heavy (non-hydrogen) atoms. The van der Waals surface area contributed by atoms with Crippen LogP contribution in [-0.2, 0) is 0 Å². The van der Waals surface area contributed by atoms with E-state index < -0.39 is 0 Å². The second-order valence-corrected chi connectivity index (χ2v) is 8.56. The molecule has 9 heteroatoms. The van der Waals surface area contributed by atoms with Crippen LogP contribution in [0, 0.1) is 5.82 Å². The van der Waals surface area contributed by atoms with Crippen molar-refractivity contribution in [3.8, 4) is 11.3 Å². The van der Waals surface area contributed by atoms with Gasteiger partial charge in [0.25, 0.3) is 5.56 Å². The summed E-state index contributed by atoms with van der Waals surface area (Å²) in [7, 11) is 0. The number of hydrogen-bond acceptors (Lipinski definition) is 5. The van der Waals surface area contributed by atoms with Crippen LogP contribution in [0.1, 0.15) is 17.1 Å². The van der Waals surface area contributed by atoms with E-state index in [1.165, 1.54) is 28.0 Å². The van der Waals surface area contributed by atoms with Gasteiger partial charge in [0.05, 0.1) is 10.0 Å². The first-order valence-electron chi connectivity index (χ1n) is 9.37. The van der Waals surface area contributed by atoms with Crippen LogP contribution < -0.4 is 10.1 Å². The molecular formula is C23H12Cl2FN3O2S. The van der Waals surface area contributed by atoms with Crippen LogP contribution >= 0.6 is 34.5 Å². The van der Waals surface area contributed by atoms with E-state index in [4.69, 9.17) is 27.6 Å². The standard InChI is InChI=1S/C23H12Cl2FN3O2S/c24-17-3-1-2-16(21(17)25)18-10-9-15(31-18)12-19-22(30)29-23(32-19)27-20(28-29)11-6-13-4-7-14(26)8-5-13/h1-12H/b11-6+,19-12-. The van der Waals surface area contributed by atoms with Crippen molar-refractivity contribution >= 4 is 57.7 Å². The van der Waals surface area contributed by atoms with Crippen molar-refractivity contribution in [3.05, 3.63) is 102 Å². The minimum Gasteiger partial charge on any atom is -0.457 e. The lowest BCUT2D eigenvalue weighted by atomic mass is 10.2. The second kappa shape index (κ2) is 8.35. The summed E-state index contributed by atoms with van der Waals surface area (Å²) in [5.74, 6) is 1.12. The van der Waals surface area contributed by atoms with Gasteiger partial charge in [0.15, 0.2) is 5.82 Å². The Bertz CT molecular complexity index is 1590. The maximum Gasteiger partial charge on any atom is 0.291 e. The van der Waals surface area contributed by atoms with Crippen LogP contribution in [0.3, 0.4) is 0 Å². The van der Waals surface area contributed by atoms with Crippen molar-refractivity contribution in [3.63, 3.8) is 0 Å². The van der Waals surface area contributed by atoms with Gasteiger partial charge >= 0.3 is 0 Å². The number of nitrogens with zero attached hydrogens (tertiary/aromatic N) is 3. The summed E-state index contributed by atoms with van der Waals surface area (Å²) in [6.45, 7) is 0. The van der Waals surface area contributed by atoms with E-state index in [1.807, 2.05) is 0 Å². The minimum absolute atomic E-state index is 0.294. The molecule has 5 aromatic rings. The Kier molecular flexibility index (Phi) is 5.38. The zero-order valence-electron chi connectivity index (χ0n) is 16.1. The predicted octanol–water partition coefficient (Wildman–Crippen LogP) is 5.58. The Balaban J connectivity index is 1.44. The fourth-order valence-electron chi connectivity index (χ4n) is 3.06. The normalized spacial score (nSPS) is 12.4. The van der Waals surface area contributed by atoms with Gasteiger partial charge in [-0.05, 0) is 48.0 Å². The number of halogens is 3. The number of aromatic nitrogens is 3. The first-order chi connectivity index (χ1) is 15.5. The van der Waals surface area contributed by atoms with E-state index in [1.54, 1.807) is 60.7 Å². The molecule has 0 aliphatic rings. The van der Waals surface area contributed by atoms with E-state index in [0.29, 0.717) is 42.4 Å². The highest BCUT2D eigenvalue weighted by atomic mass is 35.5. The highest BCUT2D eigenvalue weighted by Crippen LogP contribution is 2.34. The molecule has 0 radical (unpaired) electrons. The van der Waals surface area contributed by atoms with Crippen LogP contribution in [0.4, 0.5) is 4.39 Å². The van der Waals surface area contributed by atoms with Gasteiger partial charge in [-0.15, -0.1) is 5.10 Å². The topological polar surface area (TPSA) is 60.4 Å². The quantitative estimate of drug-likeness (QED) is 0.335. The second-order valence-electron chi connectivity index (χ2n) is 6.77. The summed E-state index contributed by atoms with van der Waals surface area (Å²) in [4.78, 5) is 17.6. The van der Waals surface area contributed by atoms with Crippen LogP contribution in [0.2, 0.25) is 10.0 Å². The zero-order chi connectivity index (χ0) is 22.2. The van der Waals surface area contributed by atoms with Crippen molar-refractivity contribution in [1.82, 2.24) is 14.6 Å². The molecule has 0 saturated carbocycles. The van der Waals surface area contributed by atoms with Crippen molar-refractivity contribution in [2.24, 2.45) is 0 Å². The third-order valence-corrected chi connectivity index (χ3v) is 6.39. The van der Waals surface area contributed by atoms with Gasteiger partial charge in [-0.25, -0.2) is 4.39 Å². The molecule has 0 saturated heterocycles. The number of hydrogen-bond donors (Lipinski definition) is 0. The summed E-state index contributed by atoms with van der Waals surface area (Å²) >= 11 is 13.5. The lowest BCUT2D eigenvalue weighted by Crippen LogP contribution is -2.23. The summed E-state index contributed by atoms with van der Waals surface area (Å²) in [6, 6.07) is 14.8. The molecule has 0 bridgehead atoms. The van der Waals surface area contributed by atoms with Crippen LogP contribution in [0.5, 0.6) is 0 Å². The number of thiazole rings is 1. The summed E-state index contributed by atoms with van der Waals surface area (Å²) in [5, 5.41) is 5.08. The van der Waals surface area contributed by atoms with E-state index in [2.05, 4.69) is 10.1 Å². The van der Waals surface area contributed by atoms with Gasteiger partial charge in [-0.2, -0.15) is 9.50 Å². The first-order valence-corrected chi connectivity index (χ1v) is 10.9. The number of fused-ring (bicyclic) bond motifs is 1. The zero-order valence-corrected chi connectivity index (χ0v) is 18.5. The van der Waals surface area contributed by atoms with Crippen molar-refractivity contribution in [1.29, 1.82) is 0 Å². The number of benzene rings is 2. The molecule has 0 aliphatic carbocycles. The number of furan rings is 1. The molecule has 0 unspecified atom stereocenters. The molecule has 5 rings (SSSR count). The lowest BCUT2D eigenvalue weighted by Gasteiger charge is -2.01. The highest BCUT2D eigenvalue weighted by Gasteiger charge is 2.12. The third-order valence-electron chi connectivity index (χ3n) is 4.61. The fraction of sp³-hybridized carbons (Fsp3) is 0. The average molecular weight is 484 g/mol. The fourth-order valence-corrected chi connectivity index (χ4v) is 4.35. The van der Waals surface area contributed by atoms with E-state index in [0.717, 1.165) is 5.56 Å². The molecule has 0 fully saturated rings. The molecule has 0 atom stereocenters. The summed E-state index contributed by atoms with van der Waals surface area (Å²) < 4.78 is 20.5. The summed E-state index contributed by atoms with van der Waals surface area (Å²) in [6.07, 6.45) is 5.06. The maximum absolute atomic E-state index is 13.0. The predicted molar refractivity (Wildman–Crippen MR) is 125 cm³/mol. The third kappa shape index (κ3) is 3.98. The Hall–Kier alpha value is -3.26. The van der Waals surface area contributed by atoms with Gasteiger partial charge in [-0.3, -0.25) is 4.79 Å². The van der Waals surface area contributed by atoms with Crippen LogP contribution in [-0.4, -0.2) is 14.6 Å². The molecule has 0 aliphatic heterocycles. The van der Waals surface area contributed by atoms with Crippen molar-refractivity contribution in [2.75, 3.05) is 0 Å². The van der Waals surface area contributed by atoms with Gasteiger partial charge in [0.1, 0.15) is 21.9 Å². The Morgan fingerprint density at radius 1 is 1.03 bits per heavy atom. The average Bonchev–Trinajstić information content (AvgIpc) is 3.47. The number of rotatable bonds is 4. The van der Waals surface area contributed by atoms with Gasteiger partial charge in [-0.1, -0.05) is 58.8 Å². The van der Waals surface area contributed by atoms with E-state index >= 15 is 0 Å². The van der Waals surface area contributed by atoms with Gasteiger partial charge in [0, 0.05) is 11.6 Å². The Morgan fingerprint density at radius 3 is 2.62 bits per heavy atom. The molecule has 3 heterocycles. The minimum atomic E-state index is -0.304. The molecule has 0 spiro atoms. The molecule has 158 valence electrons. The monoisotopic (exact) mass is 483 g/mol. The van der Waals surface area contributed by atoms with E-state index in [9.17, 15) is 9.18 Å². The largest absolute Gasteiger partial charge is 0.457 e. The molecule has 0 amide bonds. The first kappa shape index (κ1) is 20.6. The SMILES string of the molecule is O=c1/c(=C/c2ccc(-c3cccc(Cl)c3Cl)o2)sc2nc(/C=C/c3ccc(F)cc3)nn12. The summed E-state index contributed by atoms with van der Waals surface area (Å²) in [5.41, 5.74) is 1.17. The van der Waals surface area contributed by atoms with Gasteiger partial charge < -0.3 is 4.42 Å². The molecule has 0 N–H and O–H groups in total. The maximum atomic E-state index is 13.0. The lowest BCUT2D eigenvalue weighted by molar-refractivity contribution is 0.571. The van der Waals surface area contributed by atoms with Crippen LogP contribution in [0.25, 0.3) is 34.5 Å². The smallest absolute Gasteiger partial charge is 0.291 e. The molecule has 2 aromatic carbocycles. The van der Waals surface area contributed by atoms with Gasteiger partial charge in [0.2, 0.25) is 4.96 Å².